The molecule has 2 aliphatic carbocycles. The van der Waals surface area contributed by atoms with Gasteiger partial charge in [0.1, 0.15) is 18.5 Å². The molecule has 42 heavy (non-hydrogen) atoms. The monoisotopic (exact) mass is 635 g/mol. The minimum atomic E-state index is -1.66. The first-order chi connectivity index (χ1) is 19.1. The maximum absolute atomic E-state index is 15.6. The van der Waals surface area contributed by atoms with Gasteiger partial charge in [0.05, 0.1) is 11.6 Å². The molecule has 5 nitrogen and oxygen atoms in total. The summed E-state index contributed by atoms with van der Waals surface area (Å²) in [4.78, 5) is 8.95. The Morgan fingerprint density at radius 3 is 2.38 bits per heavy atom. The first-order valence-electron chi connectivity index (χ1n) is 13.7. The molecule has 10 heteroatoms. The van der Waals surface area contributed by atoms with Crippen molar-refractivity contribution in [2.75, 3.05) is 39.3 Å². The number of rotatable bonds is 6. The van der Waals surface area contributed by atoms with E-state index in [1.807, 2.05) is 48.5 Å². The highest BCUT2D eigenvalue weighted by atomic mass is 35.5. The van der Waals surface area contributed by atoms with Gasteiger partial charge in [-0.2, -0.15) is 0 Å². The molecule has 4 atom stereocenters. The molecule has 0 saturated carbocycles. The van der Waals surface area contributed by atoms with Crippen LogP contribution in [0.5, 0.6) is 5.75 Å². The van der Waals surface area contributed by atoms with Gasteiger partial charge in [-0.25, -0.2) is 8.78 Å². The van der Waals surface area contributed by atoms with Crippen LogP contribution in [-0.4, -0.2) is 65.3 Å². The van der Waals surface area contributed by atoms with Gasteiger partial charge in [-0.1, -0.05) is 42.5 Å². The van der Waals surface area contributed by atoms with Gasteiger partial charge >= 0.3 is 0 Å². The molecule has 0 radical (unpaired) electrons. The second-order valence-corrected chi connectivity index (χ2v) is 10.8. The Hall–Kier alpha value is -2.52. The number of hydrogen-bond acceptors (Lipinski definition) is 5. The van der Waals surface area contributed by atoms with Gasteiger partial charge in [-0.15, -0.1) is 37.2 Å². The van der Waals surface area contributed by atoms with E-state index in [1.54, 1.807) is 18.3 Å². The molecule has 3 unspecified atom stereocenters. The van der Waals surface area contributed by atoms with Crippen LogP contribution in [0.3, 0.4) is 0 Å². The van der Waals surface area contributed by atoms with E-state index in [2.05, 4.69) is 20.9 Å². The molecule has 224 valence electrons. The quantitative estimate of drug-likeness (QED) is 0.228. The molecule has 0 amide bonds. The highest BCUT2D eigenvalue weighted by Gasteiger charge is 2.42. The van der Waals surface area contributed by atoms with Gasteiger partial charge in [-0.05, 0) is 64.1 Å². The number of aliphatic hydroxyl groups is 1. The summed E-state index contributed by atoms with van der Waals surface area (Å²) >= 11 is 0. The molecule has 3 aliphatic rings. The van der Waals surface area contributed by atoms with Crippen LogP contribution in [0.2, 0.25) is 0 Å². The number of piperazine rings is 1. The van der Waals surface area contributed by atoms with Crippen molar-refractivity contribution in [3.63, 3.8) is 0 Å². The van der Waals surface area contributed by atoms with Crippen LogP contribution in [0.15, 0.2) is 72.9 Å². The summed E-state index contributed by atoms with van der Waals surface area (Å²) in [7, 11) is 0. The zero-order valence-corrected chi connectivity index (χ0v) is 25.3. The van der Waals surface area contributed by atoms with Crippen LogP contribution in [0, 0.1) is 0 Å². The van der Waals surface area contributed by atoms with Crippen molar-refractivity contribution in [3.8, 4) is 5.75 Å². The van der Waals surface area contributed by atoms with Gasteiger partial charge in [0, 0.05) is 44.3 Å². The number of fused-ring (bicyclic) bond motifs is 5. The Kier molecular flexibility index (Phi) is 10.3. The number of hydrogen-bond donors (Lipinski definition) is 1. The minimum Gasteiger partial charge on any atom is -0.490 e. The second-order valence-electron chi connectivity index (χ2n) is 10.8. The lowest BCUT2D eigenvalue weighted by atomic mass is 9.92. The fourth-order valence-electron chi connectivity index (χ4n) is 6.41. The fourth-order valence-corrected chi connectivity index (χ4v) is 6.41. The summed E-state index contributed by atoms with van der Waals surface area (Å²) in [5.41, 5.74) is 5.77. The van der Waals surface area contributed by atoms with Gasteiger partial charge in [-0.3, -0.25) is 14.8 Å². The van der Waals surface area contributed by atoms with Gasteiger partial charge in [0.25, 0.3) is 0 Å². The fraction of sp³-hybridized carbons (Fsp3) is 0.344. The molecule has 2 heterocycles. The lowest BCUT2D eigenvalue weighted by molar-refractivity contribution is 0.0403. The Labute approximate surface area is 263 Å². The number of halogens is 5. The average Bonchev–Trinajstić information content (AvgIpc) is 3.77. The number of alkyl halides is 2. The van der Waals surface area contributed by atoms with E-state index in [0.29, 0.717) is 23.4 Å². The highest BCUT2D eigenvalue weighted by Crippen LogP contribution is 2.52. The Morgan fingerprint density at radius 1 is 0.833 bits per heavy atom. The van der Waals surface area contributed by atoms with E-state index >= 15 is 8.78 Å². The van der Waals surface area contributed by atoms with Crippen LogP contribution < -0.4 is 4.74 Å². The third kappa shape index (κ3) is 5.96. The Bertz CT molecular complexity index is 1530. The van der Waals surface area contributed by atoms with Crippen LogP contribution in [0.25, 0.3) is 10.9 Å². The molecule has 1 N–H and O–H groups in total. The summed E-state index contributed by atoms with van der Waals surface area (Å²) in [5, 5.41) is 11.7. The van der Waals surface area contributed by atoms with E-state index in [1.165, 1.54) is 0 Å². The molecule has 4 aromatic rings. The number of benzene rings is 3. The summed E-state index contributed by atoms with van der Waals surface area (Å²) < 4.78 is 37.0. The smallest absolute Gasteiger partial charge is 0.161 e. The molecule has 3 aromatic carbocycles. The summed E-state index contributed by atoms with van der Waals surface area (Å²) in [5.74, 6) is 0.715. The second kappa shape index (κ2) is 13.4. The normalized spacial score (nSPS) is 21.7. The molecular formula is C32H34Cl3F2N3O2. The maximum atomic E-state index is 15.6. The minimum absolute atomic E-state index is 0. The van der Waals surface area contributed by atoms with Crippen molar-refractivity contribution in [2.45, 2.75) is 30.9 Å². The first kappa shape index (κ1) is 32.4. The predicted octanol–water partition coefficient (Wildman–Crippen LogP) is 6.59. The Balaban J connectivity index is 0.00000135. The maximum Gasteiger partial charge on any atom is 0.161 e. The van der Waals surface area contributed by atoms with E-state index < -0.39 is 18.4 Å². The van der Waals surface area contributed by atoms with E-state index in [9.17, 15) is 5.11 Å². The average molecular weight is 637 g/mol. The molecule has 0 spiro atoms. The van der Waals surface area contributed by atoms with E-state index in [-0.39, 0.29) is 49.9 Å². The summed E-state index contributed by atoms with van der Waals surface area (Å²) in [6.07, 6.45) is -1.43. The van der Waals surface area contributed by atoms with Crippen molar-refractivity contribution in [1.29, 1.82) is 0 Å². The van der Waals surface area contributed by atoms with Gasteiger partial charge in [0.2, 0.25) is 0 Å². The number of ether oxygens (including phenoxy) is 1. The topological polar surface area (TPSA) is 48.8 Å². The first-order valence-corrected chi connectivity index (χ1v) is 13.7. The molecule has 1 fully saturated rings. The lowest BCUT2D eigenvalue weighted by Gasteiger charge is -2.40. The van der Waals surface area contributed by atoms with Crippen LogP contribution in [-0.2, 0) is 6.42 Å². The zero-order valence-electron chi connectivity index (χ0n) is 22.9. The predicted molar refractivity (Wildman–Crippen MR) is 168 cm³/mol. The standard InChI is InChI=1S/C32H31F2N3O2.3ClH/c33-30-22-5-1-2-6-23(22)32(25-11-10-20-17-26(20)29(25)31(30)34)37-15-13-36(14-16-37)18-21(38)19-39-28-9-3-8-27-24(28)7-4-12-35-27;;;/h1-12,21,30-32,38H,13-19H2;3*1H/t21-,30?,31?,32?;;;/m1.../s1. The number of pyridine rings is 1. The van der Waals surface area contributed by atoms with Crippen molar-refractivity contribution in [2.24, 2.45) is 0 Å². The van der Waals surface area contributed by atoms with Crippen molar-refractivity contribution in [1.82, 2.24) is 14.8 Å². The van der Waals surface area contributed by atoms with Crippen molar-refractivity contribution in [3.05, 3.63) is 106 Å². The number of nitrogens with zero attached hydrogens (tertiary/aromatic N) is 3. The van der Waals surface area contributed by atoms with E-state index in [4.69, 9.17) is 4.74 Å². The zero-order chi connectivity index (χ0) is 26.5. The molecular weight excluding hydrogens is 603 g/mol. The van der Waals surface area contributed by atoms with Gasteiger partial charge < -0.3 is 9.84 Å². The Morgan fingerprint density at radius 2 is 1.60 bits per heavy atom. The third-order valence-electron chi connectivity index (χ3n) is 8.42. The molecule has 7 rings (SSSR count). The largest absolute Gasteiger partial charge is 0.490 e. The van der Waals surface area contributed by atoms with Crippen molar-refractivity contribution < 1.29 is 18.6 Å². The number of aromatic nitrogens is 1. The SMILES string of the molecule is Cl.Cl.Cl.O[C@@H](COc1cccc2ncccc12)CN1CCN(C2c3ccccc3C(F)C(F)c3c2ccc2c3C2)CC1. The van der Waals surface area contributed by atoms with E-state index in [0.717, 1.165) is 65.8 Å². The summed E-state index contributed by atoms with van der Waals surface area (Å²) in [6.45, 7) is 3.69. The van der Waals surface area contributed by atoms with Crippen LogP contribution >= 0.6 is 37.2 Å². The highest BCUT2D eigenvalue weighted by molar-refractivity contribution is 5.86. The number of β-amino-alcohol motifs (C(OH)–C–C–N with tert-alkyl or cyclic N) is 1. The summed E-state index contributed by atoms with van der Waals surface area (Å²) in [6, 6.07) is 20.9. The van der Waals surface area contributed by atoms with Crippen molar-refractivity contribution >= 4 is 48.1 Å². The van der Waals surface area contributed by atoms with Crippen LogP contribution in [0.1, 0.15) is 51.8 Å². The van der Waals surface area contributed by atoms with Gasteiger partial charge in [0.15, 0.2) is 12.3 Å². The lowest BCUT2D eigenvalue weighted by Crippen LogP contribution is -2.50. The third-order valence-corrected chi connectivity index (χ3v) is 8.42. The molecule has 1 aliphatic heterocycles. The number of aliphatic hydroxyl groups excluding tert-OH is 1. The molecule has 1 aromatic heterocycles. The molecule has 0 bridgehead atoms. The molecule has 1 saturated heterocycles. The van der Waals surface area contributed by atoms with Crippen LogP contribution in [0.4, 0.5) is 8.78 Å².